The summed E-state index contributed by atoms with van der Waals surface area (Å²) in [5.41, 5.74) is -0.380. The SMILES string of the molecule is O=C(O)c1ccccc1C(=O)O.O=P. The van der Waals surface area contributed by atoms with E-state index in [1.165, 1.54) is 24.3 Å². The fourth-order valence-electron chi connectivity index (χ4n) is 0.856. The molecule has 2 N–H and O–H groups in total. The molecule has 6 heteroatoms. The molecule has 1 aromatic rings. The Labute approximate surface area is 81.6 Å². The molecule has 0 bridgehead atoms. The van der Waals surface area contributed by atoms with Crippen LogP contribution in [0.25, 0.3) is 0 Å². The predicted molar refractivity (Wildman–Crippen MR) is 49.4 cm³/mol. The third kappa shape index (κ3) is 2.95. The van der Waals surface area contributed by atoms with Crippen LogP contribution in [0.5, 0.6) is 0 Å². The molecule has 74 valence electrons. The summed E-state index contributed by atoms with van der Waals surface area (Å²) in [5, 5.41) is 17.1. The smallest absolute Gasteiger partial charge is 0.336 e. The molecule has 0 atom stereocenters. The van der Waals surface area contributed by atoms with Crippen molar-refractivity contribution in [2.75, 3.05) is 0 Å². The highest BCUT2D eigenvalue weighted by molar-refractivity contribution is 7.00. The molecule has 0 spiro atoms. The molecule has 0 radical (unpaired) electrons. The molecule has 0 heterocycles. The third-order valence-corrected chi connectivity index (χ3v) is 1.39. The van der Waals surface area contributed by atoms with Crippen LogP contribution < -0.4 is 0 Å². The second-order valence-electron chi connectivity index (χ2n) is 2.16. The minimum absolute atomic E-state index is 0.190. The van der Waals surface area contributed by atoms with Gasteiger partial charge in [-0.1, -0.05) is 12.1 Å². The first kappa shape index (κ1) is 12.3. The number of hydrogen-bond donors (Lipinski definition) is 2. The van der Waals surface area contributed by atoms with Crippen LogP contribution in [-0.4, -0.2) is 22.2 Å². The molecule has 0 fully saturated rings. The Bertz CT molecular complexity index is 316. The van der Waals surface area contributed by atoms with E-state index in [0.29, 0.717) is 0 Å². The number of benzene rings is 1. The topological polar surface area (TPSA) is 91.7 Å². The zero-order valence-corrected chi connectivity index (χ0v) is 7.93. The van der Waals surface area contributed by atoms with Crippen molar-refractivity contribution in [3.8, 4) is 0 Å². The summed E-state index contributed by atoms with van der Waals surface area (Å²) in [5.74, 6) is -2.46. The summed E-state index contributed by atoms with van der Waals surface area (Å²) in [6, 6.07) is 5.48. The van der Waals surface area contributed by atoms with Gasteiger partial charge in [0.2, 0.25) is 0 Å². The van der Waals surface area contributed by atoms with Gasteiger partial charge >= 0.3 is 11.9 Å². The molecule has 0 saturated heterocycles. The van der Waals surface area contributed by atoms with Crippen LogP contribution in [-0.2, 0) is 4.57 Å². The highest BCUT2D eigenvalue weighted by Gasteiger charge is 2.13. The lowest BCUT2D eigenvalue weighted by atomic mass is 10.1. The van der Waals surface area contributed by atoms with Crippen LogP contribution in [0.2, 0.25) is 0 Å². The molecule has 0 aliphatic carbocycles. The maximum atomic E-state index is 10.5. The number of hydrogen-bond acceptors (Lipinski definition) is 3. The van der Waals surface area contributed by atoms with Gasteiger partial charge in [0.25, 0.3) is 0 Å². The van der Waals surface area contributed by atoms with Crippen molar-refractivity contribution in [1.29, 1.82) is 0 Å². The highest BCUT2D eigenvalue weighted by Crippen LogP contribution is 2.07. The summed E-state index contributed by atoms with van der Waals surface area (Å²) in [6.45, 7) is 0. The van der Waals surface area contributed by atoms with Gasteiger partial charge in [-0.25, -0.2) is 9.59 Å². The van der Waals surface area contributed by atoms with Gasteiger partial charge in [-0.3, -0.25) is 4.57 Å². The summed E-state index contributed by atoms with van der Waals surface area (Å²) in [7, 11) is 1.72. The first-order chi connectivity index (χ1) is 6.63. The van der Waals surface area contributed by atoms with Crippen LogP contribution >= 0.6 is 9.12 Å². The van der Waals surface area contributed by atoms with Gasteiger partial charge in [0.15, 0.2) is 0 Å². The molecule has 0 aliphatic rings. The van der Waals surface area contributed by atoms with E-state index in [-0.39, 0.29) is 11.1 Å². The predicted octanol–water partition coefficient (Wildman–Crippen LogP) is 1.56. The van der Waals surface area contributed by atoms with Crippen LogP contribution in [0, 0.1) is 0 Å². The van der Waals surface area contributed by atoms with Gasteiger partial charge in [-0.05, 0) is 12.1 Å². The lowest BCUT2D eigenvalue weighted by Crippen LogP contribution is -2.06. The van der Waals surface area contributed by atoms with Gasteiger partial charge in [-0.2, -0.15) is 0 Å². The van der Waals surface area contributed by atoms with Gasteiger partial charge in [0.1, 0.15) is 9.12 Å². The van der Waals surface area contributed by atoms with E-state index < -0.39 is 11.9 Å². The van der Waals surface area contributed by atoms with Crippen molar-refractivity contribution in [2.24, 2.45) is 0 Å². The molecule has 0 aromatic heterocycles. The van der Waals surface area contributed by atoms with Crippen molar-refractivity contribution >= 4 is 21.1 Å². The number of carboxylic acid groups (broad SMARTS) is 2. The van der Waals surface area contributed by atoms with Gasteiger partial charge in [0.05, 0.1) is 11.1 Å². The minimum Gasteiger partial charge on any atom is -0.478 e. The van der Waals surface area contributed by atoms with E-state index in [1.807, 2.05) is 0 Å². The van der Waals surface area contributed by atoms with Crippen molar-refractivity contribution < 1.29 is 24.4 Å². The molecule has 0 amide bonds. The van der Waals surface area contributed by atoms with Crippen LogP contribution in [0.15, 0.2) is 24.3 Å². The number of carbonyl (C=O) groups is 2. The summed E-state index contributed by atoms with van der Waals surface area (Å²) >= 11 is 0. The largest absolute Gasteiger partial charge is 0.478 e. The van der Waals surface area contributed by atoms with Crippen LogP contribution in [0.3, 0.4) is 0 Å². The number of rotatable bonds is 2. The Morgan fingerprint density at radius 1 is 0.929 bits per heavy atom. The fraction of sp³-hybridized carbons (Fsp3) is 0. The van der Waals surface area contributed by atoms with Crippen molar-refractivity contribution in [3.63, 3.8) is 0 Å². The van der Waals surface area contributed by atoms with Crippen LogP contribution in [0.4, 0.5) is 0 Å². The Morgan fingerprint density at radius 3 is 1.43 bits per heavy atom. The first-order valence-electron chi connectivity index (χ1n) is 3.39. The average Bonchev–Trinajstić information content (AvgIpc) is 2.20. The van der Waals surface area contributed by atoms with Gasteiger partial charge in [0, 0.05) is 0 Å². The average molecular weight is 214 g/mol. The van der Waals surface area contributed by atoms with E-state index in [1.54, 1.807) is 9.12 Å². The summed E-state index contributed by atoms with van der Waals surface area (Å²) in [6.07, 6.45) is 0. The third-order valence-electron chi connectivity index (χ3n) is 1.39. The fourth-order valence-corrected chi connectivity index (χ4v) is 0.856. The zero-order valence-electron chi connectivity index (χ0n) is 6.93. The summed E-state index contributed by atoms with van der Waals surface area (Å²) < 4.78 is 8.06. The van der Waals surface area contributed by atoms with E-state index in [4.69, 9.17) is 14.8 Å². The number of aromatic carboxylic acids is 2. The highest BCUT2D eigenvalue weighted by atomic mass is 31.0. The monoisotopic (exact) mass is 214 g/mol. The molecule has 5 nitrogen and oxygen atoms in total. The van der Waals surface area contributed by atoms with E-state index in [0.717, 1.165) is 0 Å². The Morgan fingerprint density at radius 2 is 1.21 bits per heavy atom. The van der Waals surface area contributed by atoms with E-state index >= 15 is 0 Å². The second kappa shape index (κ2) is 5.83. The molecule has 0 aliphatic heterocycles. The Kier molecular flexibility index (Phi) is 5.10. The molecular weight excluding hydrogens is 207 g/mol. The quantitative estimate of drug-likeness (QED) is 0.728. The lowest BCUT2D eigenvalue weighted by molar-refractivity contribution is 0.0651. The molecule has 1 rings (SSSR count). The summed E-state index contributed by atoms with van der Waals surface area (Å²) in [4.78, 5) is 20.9. The van der Waals surface area contributed by atoms with E-state index in [9.17, 15) is 9.59 Å². The van der Waals surface area contributed by atoms with Crippen molar-refractivity contribution in [1.82, 2.24) is 0 Å². The molecule has 14 heavy (non-hydrogen) atoms. The maximum absolute atomic E-state index is 10.5. The van der Waals surface area contributed by atoms with Crippen molar-refractivity contribution in [2.45, 2.75) is 0 Å². The first-order valence-corrected chi connectivity index (χ1v) is 3.80. The van der Waals surface area contributed by atoms with Crippen LogP contribution in [0.1, 0.15) is 20.7 Å². The van der Waals surface area contributed by atoms with E-state index in [2.05, 4.69) is 0 Å². The van der Waals surface area contributed by atoms with Gasteiger partial charge in [-0.15, -0.1) is 0 Å². The molecular formula is C8H7O5P. The zero-order chi connectivity index (χ0) is 11.1. The van der Waals surface area contributed by atoms with Crippen molar-refractivity contribution in [3.05, 3.63) is 35.4 Å². The molecule has 0 unspecified atom stereocenters. The number of carboxylic acids is 2. The Hall–Kier alpha value is -1.74. The van der Waals surface area contributed by atoms with Gasteiger partial charge < -0.3 is 10.2 Å². The molecule has 0 saturated carbocycles. The second-order valence-corrected chi connectivity index (χ2v) is 2.16. The minimum atomic E-state index is -1.23. The lowest BCUT2D eigenvalue weighted by Gasteiger charge is -1.98. The standard InChI is InChI=1S/C8H6O4.HOP/c9-7(10)5-3-1-2-4-6(5)8(11)12;1-2/h1-4H,(H,9,10)(H,11,12);2H. The molecule has 1 aromatic carbocycles. The Balaban J connectivity index is 0.000000791. The normalized spacial score (nSPS) is 8.29. The maximum Gasteiger partial charge on any atom is 0.336 e.